The summed E-state index contributed by atoms with van der Waals surface area (Å²) in [5.74, 6) is -0.193. The summed E-state index contributed by atoms with van der Waals surface area (Å²) in [6.45, 7) is 1.22. The fourth-order valence-electron chi connectivity index (χ4n) is 3.21. The molecule has 2 fully saturated rings. The van der Waals surface area contributed by atoms with Crippen molar-refractivity contribution in [3.8, 4) is 0 Å². The number of nitrogens with zero attached hydrogens (tertiary/aromatic N) is 1. The van der Waals surface area contributed by atoms with Gasteiger partial charge in [-0.1, -0.05) is 11.6 Å². The van der Waals surface area contributed by atoms with Crippen LogP contribution in [-0.2, 0) is 0 Å². The molecule has 3 nitrogen and oxygen atoms in total. The van der Waals surface area contributed by atoms with E-state index in [1.807, 2.05) is 0 Å². The molecule has 1 saturated carbocycles. The van der Waals surface area contributed by atoms with Gasteiger partial charge in [0.25, 0.3) is 5.91 Å². The van der Waals surface area contributed by atoms with Crippen LogP contribution in [-0.4, -0.2) is 35.1 Å². The zero-order chi connectivity index (χ0) is 13.6. The molecule has 0 bridgehead atoms. The Morgan fingerprint density at radius 3 is 2.84 bits per heavy atom. The Bertz CT molecular complexity index is 522. The lowest BCUT2D eigenvalue weighted by atomic mass is 10.00. The summed E-state index contributed by atoms with van der Waals surface area (Å²) in [5, 5.41) is 9.85. The maximum absolute atomic E-state index is 13.4. The van der Waals surface area contributed by atoms with Crippen LogP contribution in [0, 0.1) is 17.7 Å². The molecule has 0 radical (unpaired) electrons. The molecule has 1 N–H and O–H groups in total. The second-order valence-electron chi connectivity index (χ2n) is 5.41. The zero-order valence-electron chi connectivity index (χ0n) is 10.4. The quantitative estimate of drug-likeness (QED) is 0.859. The Kier molecular flexibility index (Phi) is 3.23. The molecule has 0 aromatic heterocycles. The van der Waals surface area contributed by atoms with Crippen LogP contribution in [0.25, 0.3) is 0 Å². The number of rotatable bonds is 1. The molecule has 1 heterocycles. The lowest BCUT2D eigenvalue weighted by Gasteiger charge is -2.18. The van der Waals surface area contributed by atoms with Gasteiger partial charge in [-0.3, -0.25) is 4.79 Å². The second-order valence-corrected chi connectivity index (χ2v) is 5.81. The van der Waals surface area contributed by atoms with Crippen molar-refractivity contribution in [2.45, 2.75) is 18.9 Å². The van der Waals surface area contributed by atoms with Crippen LogP contribution in [0.3, 0.4) is 0 Å². The smallest absolute Gasteiger partial charge is 0.253 e. The SMILES string of the molecule is O=C(c1ccc(Cl)c(F)c1)N1CC2CCC(O)C2C1. The highest BCUT2D eigenvalue weighted by atomic mass is 35.5. The molecule has 1 saturated heterocycles. The van der Waals surface area contributed by atoms with E-state index in [0.29, 0.717) is 24.6 Å². The van der Waals surface area contributed by atoms with Crippen LogP contribution >= 0.6 is 11.6 Å². The maximum Gasteiger partial charge on any atom is 0.253 e. The fraction of sp³-hybridized carbons (Fsp3) is 0.500. The van der Waals surface area contributed by atoms with Crippen LogP contribution in [0.2, 0.25) is 5.02 Å². The van der Waals surface area contributed by atoms with Crippen molar-refractivity contribution < 1.29 is 14.3 Å². The lowest BCUT2D eigenvalue weighted by molar-refractivity contribution is 0.0752. The lowest BCUT2D eigenvalue weighted by Crippen LogP contribution is -2.31. The van der Waals surface area contributed by atoms with Crippen LogP contribution < -0.4 is 0 Å². The summed E-state index contributed by atoms with van der Waals surface area (Å²) >= 11 is 5.61. The van der Waals surface area contributed by atoms with E-state index in [0.717, 1.165) is 12.8 Å². The molecule has 19 heavy (non-hydrogen) atoms. The van der Waals surface area contributed by atoms with Gasteiger partial charge in [-0.05, 0) is 37.0 Å². The van der Waals surface area contributed by atoms with E-state index < -0.39 is 5.82 Å². The van der Waals surface area contributed by atoms with Crippen LogP contribution in [0.4, 0.5) is 4.39 Å². The van der Waals surface area contributed by atoms with E-state index in [9.17, 15) is 14.3 Å². The first kappa shape index (κ1) is 12.9. The summed E-state index contributed by atoms with van der Waals surface area (Å²) < 4.78 is 13.4. The third kappa shape index (κ3) is 2.23. The molecule has 5 heteroatoms. The van der Waals surface area contributed by atoms with Crippen LogP contribution in [0.15, 0.2) is 18.2 Å². The first-order valence-electron chi connectivity index (χ1n) is 6.48. The van der Waals surface area contributed by atoms with Crippen molar-refractivity contribution in [1.29, 1.82) is 0 Å². The van der Waals surface area contributed by atoms with Gasteiger partial charge in [0.1, 0.15) is 5.82 Å². The minimum absolute atomic E-state index is 0.0188. The standard InChI is InChI=1S/C14H15ClFNO2/c15-11-3-1-8(5-12(11)16)14(19)17-6-9-2-4-13(18)10(9)7-17/h1,3,5,9-10,13,18H,2,4,6-7H2. The zero-order valence-corrected chi connectivity index (χ0v) is 11.1. The number of benzene rings is 1. The average Bonchev–Trinajstić information content (AvgIpc) is 2.95. The van der Waals surface area contributed by atoms with Gasteiger partial charge in [-0.25, -0.2) is 4.39 Å². The van der Waals surface area contributed by atoms with E-state index >= 15 is 0 Å². The van der Waals surface area contributed by atoms with Gasteiger partial charge in [0.05, 0.1) is 11.1 Å². The van der Waals surface area contributed by atoms with Crippen molar-refractivity contribution >= 4 is 17.5 Å². The second kappa shape index (κ2) is 4.76. The summed E-state index contributed by atoms with van der Waals surface area (Å²) in [7, 11) is 0. The largest absolute Gasteiger partial charge is 0.393 e. The van der Waals surface area contributed by atoms with Gasteiger partial charge in [0.15, 0.2) is 0 Å². The number of hydrogen-bond donors (Lipinski definition) is 1. The molecule has 1 aliphatic heterocycles. The fourth-order valence-corrected chi connectivity index (χ4v) is 3.33. The number of aliphatic hydroxyl groups excluding tert-OH is 1. The maximum atomic E-state index is 13.4. The Hall–Kier alpha value is -1.13. The highest BCUT2D eigenvalue weighted by Gasteiger charge is 2.43. The third-order valence-electron chi connectivity index (χ3n) is 4.27. The summed E-state index contributed by atoms with van der Waals surface area (Å²) in [6, 6.07) is 4.11. The van der Waals surface area contributed by atoms with Crippen molar-refractivity contribution in [3.63, 3.8) is 0 Å². The van der Waals surface area contributed by atoms with Crippen molar-refractivity contribution in [2.24, 2.45) is 11.8 Å². The van der Waals surface area contributed by atoms with E-state index in [4.69, 9.17) is 11.6 Å². The molecule has 1 aliphatic carbocycles. The van der Waals surface area contributed by atoms with E-state index in [-0.39, 0.29) is 23.0 Å². The monoisotopic (exact) mass is 283 g/mol. The first-order chi connectivity index (χ1) is 9.06. The van der Waals surface area contributed by atoms with Crippen molar-refractivity contribution in [3.05, 3.63) is 34.6 Å². The summed E-state index contributed by atoms with van der Waals surface area (Å²) in [5.41, 5.74) is 0.316. The van der Waals surface area contributed by atoms with Gasteiger partial charge in [0.2, 0.25) is 0 Å². The number of likely N-dealkylation sites (tertiary alicyclic amines) is 1. The van der Waals surface area contributed by atoms with Gasteiger partial charge < -0.3 is 10.0 Å². The molecule has 0 spiro atoms. The summed E-state index contributed by atoms with van der Waals surface area (Å²) in [6.07, 6.45) is 1.49. The Morgan fingerprint density at radius 2 is 2.16 bits per heavy atom. The van der Waals surface area contributed by atoms with E-state index in [1.54, 1.807) is 4.90 Å². The molecule has 2 aliphatic rings. The van der Waals surface area contributed by atoms with Gasteiger partial charge in [0, 0.05) is 24.6 Å². The van der Waals surface area contributed by atoms with Gasteiger partial charge in [-0.15, -0.1) is 0 Å². The minimum Gasteiger partial charge on any atom is -0.393 e. The number of aliphatic hydroxyl groups is 1. The average molecular weight is 284 g/mol. The minimum atomic E-state index is -0.577. The summed E-state index contributed by atoms with van der Waals surface area (Å²) in [4.78, 5) is 14.0. The third-order valence-corrected chi connectivity index (χ3v) is 4.58. The van der Waals surface area contributed by atoms with Crippen molar-refractivity contribution in [1.82, 2.24) is 4.90 Å². The predicted molar refractivity (Wildman–Crippen MR) is 69.5 cm³/mol. The molecular formula is C14H15ClFNO2. The Balaban J connectivity index is 1.76. The van der Waals surface area contributed by atoms with Crippen LogP contribution in [0.1, 0.15) is 23.2 Å². The van der Waals surface area contributed by atoms with Crippen LogP contribution in [0.5, 0.6) is 0 Å². The molecule has 1 aromatic carbocycles. The van der Waals surface area contributed by atoms with E-state index in [1.165, 1.54) is 18.2 Å². The number of amides is 1. The number of carbonyl (C=O) groups is 1. The van der Waals surface area contributed by atoms with E-state index in [2.05, 4.69) is 0 Å². The Labute approximate surface area is 116 Å². The normalized spacial score (nSPS) is 29.6. The van der Waals surface area contributed by atoms with Crippen molar-refractivity contribution in [2.75, 3.05) is 13.1 Å². The highest BCUT2D eigenvalue weighted by Crippen LogP contribution is 2.38. The van der Waals surface area contributed by atoms with Gasteiger partial charge in [-0.2, -0.15) is 0 Å². The molecule has 3 atom stereocenters. The number of hydrogen-bond acceptors (Lipinski definition) is 2. The molecular weight excluding hydrogens is 269 g/mol. The Morgan fingerprint density at radius 1 is 1.37 bits per heavy atom. The molecule has 102 valence electrons. The number of halogens is 2. The van der Waals surface area contributed by atoms with Gasteiger partial charge >= 0.3 is 0 Å². The number of carbonyl (C=O) groups excluding carboxylic acids is 1. The molecule has 1 aromatic rings. The number of fused-ring (bicyclic) bond motifs is 1. The molecule has 3 rings (SSSR count). The first-order valence-corrected chi connectivity index (χ1v) is 6.86. The predicted octanol–water partition coefficient (Wildman–Crippen LogP) is 2.32. The highest BCUT2D eigenvalue weighted by molar-refractivity contribution is 6.30. The molecule has 3 unspecified atom stereocenters. The molecule has 1 amide bonds. The topological polar surface area (TPSA) is 40.5 Å².